The summed E-state index contributed by atoms with van der Waals surface area (Å²) in [5.74, 6) is 0.599. The molecule has 118 valence electrons. The van der Waals surface area contributed by atoms with Gasteiger partial charge < -0.3 is 11.1 Å². The zero-order chi connectivity index (χ0) is 14.7. The van der Waals surface area contributed by atoms with Gasteiger partial charge in [-0.15, -0.1) is 17.5 Å². The van der Waals surface area contributed by atoms with E-state index in [-0.39, 0.29) is 24.4 Å². The third-order valence-electron chi connectivity index (χ3n) is 3.68. The van der Waals surface area contributed by atoms with Gasteiger partial charge in [0.2, 0.25) is 5.91 Å². The van der Waals surface area contributed by atoms with Crippen molar-refractivity contribution < 1.29 is 4.79 Å². The van der Waals surface area contributed by atoms with Crippen molar-refractivity contribution in [3.05, 3.63) is 36.2 Å². The lowest BCUT2D eigenvalue weighted by Gasteiger charge is -2.11. The van der Waals surface area contributed by atoms with Gasteiger partial charge in [-0.1, -0.05) is 12.1 Å². The van der Waals surface area contributed by atoms with Crippen molar-refractivity contribution in [1.82, 2.24) is 25.5 Å². The molecule has 0 aliphatic heterocycles. The van der Waals surface area contributed by atoms with Gasteiger partial charge in [-0.25, -0.2) is 4.68 Å². The summed E-state index contributed by atoms with van der Waals surface area (Å²) in [6.07, 6.45) is 4.26. The summed E-state index contributed by atoms with van der Waals surface area (Å²) in [5, 5.41) is 13.9. The molecule has 1 saturated carbocycles. The molecule has 1 fully saturated rings. The fourth-order valence-electron chi connectivity index (χ4n) is 2.22. The lowest BCUT2D eigenvalue weighted by atomic mass is 10.1. The van der Waals surface area contributed by atoms with Gasteiger partial charge in [0.25, 0.3) is 0 Å². The standard InChI is InChI=1S/C14H18N6O.ClH/c15-13(11-3-4-11)8-16-14(21)7-10-1-5-12(6-2-10)20-9-17-18-19-20;/h1-2,5-6,9,11,13H,3-4,7-8,15H2,(H,16,21);1H. The van der Waals surface area contributed by atoms with E-state index < -0.39 is 0 Å². The second-order valence-corrected chi connectivity index (χ2v) is 5.40. The molecular formula is C14H19ClN6O. The van der Waals surface area contributed by atoms with Crippen LogP contribution in [0.1, 0.15) is 18.4 Å². The van der Waals surface area contributed by atoms with Gasteiger partial charge >= 0.3 is 0 Å². The van der Waals surface area contributed by atoms with E-state index >= 15 is 0 Å². The number of carbonyl (C=O) groups excluding carboxylic acids is 1. The molecule has 1 heterocycles. The number of hydrogen-bond acceptors (Lipinski definition) is 5. The first-order chi connectivity index (χ1) is 10.2. The van der Waals surface area contributed by atoms with Crippen LogP contribution in [0.2, 0.25) is 0 Å². The first-order valence-corrected chi connectivity index (χ1v) is 7.07. The van der Waals surface area contributed by atoms with Crippen LogP contribution in [0.4, 0.5) is 0 Å². The van der Waals surface area contributed by atoms with Crippen LogP contribution in [0.15, 0.2) is 30.6 Å². The molecule has 1 unspecified atom stereocenters. The fraction of sp³-hybridized carbons (Fsp3) is 0.429. The van der Waals surface area contributed by atoms with E-state index in [1.54, 1.807) is 4.68 Å². The topological polar surface area (TPSA) is 98.7 Å². The van der Waals surface area contributed by atoms with Crippen molar-refractivity contribution in [1.29, 1.82) is 0 Å². The molecule has 0 radical (unpaired) electrons. The van der Waals surface area contributed by atoms with Gasteiger partial charge in [0.15, 0.2) is 0 Å². The highest BCUT2D eigenvalue weighted by Gasteiger charge is 2.28. The molecule has 1 aliphatic rings. The van der Waals surface area contributed by atoms with E-state index in [0.717, 1.165) is 11.3 Å². The Bertz CT molecular complexity index is 596. The molecule has 3 rings (SSSR count). The second-order valence-electron chi connectivity index (χ2n) is 5.40. The summed E-state index contributed by atoms with van der Waals surface area (Å²) in [6.45, 7) is 0.562. The predicted molar refractivity (Wildman–Crippen MR) is 83.8 cm³/mol. The highest BCUT2D eigenvalue weighted by Crippen LogP contribution is 2.31. The van der Waals surface area contributed by atoms with Gasteiger partial charge in [-0.3, -0.25) is 4.79 Å². The number of nitrogens with zero attached hydrogens (tertiary/aromatic N) is 4. The first kappa shape index (κ1) is 16.4. The molecule has 7 nitrogen and oxygen atoms in total. The third-order valence-corrected chi connectivity index (χ3v) is 3.68. The molecule has 0 spiro atoms. The number of benzene rings is 1. The number of amides is 1. The Balaban J connectivity index is 0.00000176. The van der Waals surface area contributed by atoms with E-state index in [1.165, 1.54) is 19.2 Å². The number of nitrogens with one attached hydrogen (secondary N) is 1. The van der Waals surface area contributed by atoms with Crippen molar-refractivity contribution in [2.45, 2.75) is 25.3 Å². The Hall–Kier alpha value is -1.99. The lowest BCUT2D eigenvalue weighted by molar-refractivity contribution is -0.120. The molecule has 1 atom stereocenters. The van der Waals surface area contributed by atoms with E-state index in [9.17, 15) is 4.79 Å². The molecule has 1 aromatic heterocycles. The molecular weight excluding hydrogens is 304 g/mol. The van der Waals surface area contributed by atoms with Crippen LogP contribution in [0.25, 0.3) is 5.69 Å². The van der Waals surface area contributed by atoms with Crippen LogP contribution in [0.5, 0.6) is 0 Å². The van der Waals surface area contributed by atoms with Crippen molar-refractivity contribution in [3.8, 4) is 5.69 Å². The number of aromatic nitrogens is 4. The molecule has 1 aliphatic carbocycles. The van der Waals surface area contributed by atoms with E-state index in [0.29, 0.717) is 18.9 Å². The Morgan fingerprint density at radius 3 is 2.68 bits per heavy atom. The Morgan fingerprint density at radius 1 is 1.36 bits per heavy atom. The van der Waals surface area contributed by atoms with Gasteiger partial charge in [0, 0.05) is 12.6 Å². The van der Waals surface area contributed by atoms with Crippen LogP contribution in [0, 0.1) is 5.92 Å². The van der Waals surface area contributed by atoms with Crippen molar-refractivity contribution in [3.63, 3.8) is 0 Å². The monoisotopic (exact) mass is 322 g/mol. The Morgan fingerprint density at radius 2 is 2.09 bits per heavy atom. The minimum atomic E-state index is 0. The van der Waals surface area contributed by atoms with Gasteiger partial charge in [-0.2, -0.15) is 0 Å². The first-order valence-electron chi connectivity index (χ1n) is 7.07. The Labute approximate surface area is 134 Å². The summed E-state index contributed by atoms with van der Waals surface area (Å²) in [5.41, 5.74) is 7.77. The van der Waals surface area contributed by atoms with Crippen LogP contribution in [-0.2, 0) is 11.2 Å². The van der Waals surface area contributed by atoms with Crippen molar-refractivity contribution in [2.24, 2.45) is 11.7 Å². The van der Waals surface area contributed by atoms with Crippen LogP contribution >= 0.6 is 12.4 Å². The highest BCUT2D eigenvalue weighted by molar-refractivity contribution is 5.85. The highest BCUT2D eigenvalue weighted by atomic mass is 35.5. The van der Waals surface area contributed by atoms with E-state index in [1.807, 2.05) is 24.3 Å². The number of halogens is 1. The minimum absolute atomic E-state index is 0. The van der Waals surface area contributed by atoms with Gasteiger partial charge in [0.1, 0.15) is 6.33 Å². The zero-order valence-electron chi connectivity index (χ0n) is 12.1. The SMILES string of the molecule is Cl.NC(CNC(=O)Cc1ccc(-n2cnnn2)cc1)C1CC1. The van der Waals surface area contributed by atoms with Crippen LogP contribution in [-0.4, -0.2) is 38.7 Å². The quantitative estimate of drug-likeness (QED) is 0.806. The maximum Gasteiger partial charge on any atom is 0.224 e. The summed E-state index contributed by atoms with van der Waals surface area (Å²) in [4.78, 5) is 11.9. The maximum atomic E-state index is 11.9. The smallest absolute Gasteiger partial charge is 0.224 e. The van der Waals surface area contributed by atoms with Gasteiger partial charge in [0.05, 0.1) is 12.1 Å². The van der Waals surface area contributed by atoms with Gasteiger partial charge in [-0.05, 0) is 46.9 Å². The largest absolute Gasteiger partial charge is 0.354 e. The molecule has 1 amide bonds. The maximum absolute atomic E-state index is 11.9. The van der Waals surface area contributed by atoms with Crippen molar-refractivity contribution >= 4 is 18.3 Å². The van der Waals surface area contributed by atoms with Crippen molar-refractivity contribution in [2.75, 3.05) is 6.54 Å². The molecule has 3 N–H and O–H groups in total. The van der Waals surface area contributed by atoms with Crippen LogP contribution in [0.3, 0.4) is 0 Å². The molecule has 8 heteroatoms. The average Bonchev–Trinajstić information content (AvgIpc) is 3.21. The van der Waals surface area contributed by atoms with Crippen LogP contribution < -0.4 is 11.1 Å². The number of carbonyl (C=O) groups is 1. The predicted octanol–water partition coefficient (Wildman–Crippen LogP) is 0.480. The molecule has 22 heavy (non-hydrogen) atoms. The fourth-order valence-corrected chi connectivity index (χ4v) is 2.22. The summed E-state index contributed by atoms with van der Waals surface area (Å²) >= 11 is 0. The molecule has 0 saturated heterocycles. The zero-order valence-corrected chi connectivity index (χ0v) is 12.9. The summed E-state index contributed by atoms with van der Waals surface area (Å²) in [6, 6.07) is 7.66. The second kappa shape index (κ2) is 7.33. The molecule has 0 bridgehead atoms. The minimum Gasteiger partial charge on any atom is -0.354 e. The van der Waals surface area contributed by atoms with E-state index in [2.05, 4.69) is 20.8 Å². The summed E-state index contributed by atoms with van der Waals surface area (Å²) in [7, 11) is 0. The van der Waals surface area contributed by atoms with E-state index in [4.69, 9.17) is 5.73 Å². The molecule has 2 aromatic rings. The number of tetrazole rings is 1. The number of hydrogen-bond donors (Lipinski definition) is 2. The Kier molecular flexibility index (Phi) is 5.46. The lowest BCUT2D eigenvalue weighted by Crippen LogP contribution is -2.39. The summed E-state index contributed by atoms with van der Waals surface area (Å²) < 4.78 is 1.57. The number of nitrogens with two attached hydrogens (primary N) is 1. The molecule has 1 aromatic carbocycles. The average molecular weight is 323 g/mol. The normalized spacial score (nSPS) is 15.0. The third kappa shape index (κ3) is 4.25. The number of rotatable bonds is 6.